The van der Waals surface area contributed by atoms with Gasteiger partial charge >= 0.3 is 0 Å². The quantitative estimate of drug-likeness (QED) is 0.598. The molecule has 1 aliphatic carbocycles. The molecule has 92 valence electrons. The highest BCUT2D eigenvalue weighted by Gasteiger charge is 2.28. The summed E-state index contributed by atoms with van der Waals surface area (Å²) >= 11 is 6.29. The first-order valence-electron chi connectivity index (χ1n) is 6.29. The zero-order chi connectivity index (χ0) is 11.4. The molecule has 0 radical (unpaired) electrons. The van der Waals surface area contributed by atoms with Crippen LogP contribution in [0.3, 0.4) is 0 Å². The Kier molecular flexibility index (Phi) is 4.47. The molecule has 0 aromatic rings. The number of carbonyl (C=O) groups is 1. The molecule has 0 spiro atoms. The molecule has 3 atom stereocenters. The van der Waals surface area contributed by atoms with E-state index in [1.165, 1.54) is 19.3 Å². The summed E-state index contributed by atoms with van der Waals surface area (Å²) in [5, 5.41) is 3.21. The summed E-state index contributed by atoms with van der Waals surface area (Å²) in [4.78, 5) is 11.9. The van der Waals surface area contributed by atoms with Gasteiger partial charge in [-0.25, -0.2) is 0 Å². The molecule has 0 aromatic heterocycles. The lowest BCUT2D eigenvalue weighted by atomic mass is 10.0. The Hall–Kier alpha value is -0.280. The van der Waals surface area contributed by atoms with Gasteiger partial charge in [0.25, 0.3) is 0 Å². The van der Waals surface area contributed by atoms with Gasteiger partial charge in [0, 0.05) is 12.6 Å². The molecule has 1 amide bonds. The average molecular weight is 246 g/mol. The third-order valence-electron chi connectivity index (χ3n) is 3.56. The highest BCUT2D eigenvalue weighted by Crippen LogP contribution is 2.23. The molecule has 3 nitrogen and oxygen atoms in total. The Morgan fingerprint density at radius 1 is 1.19 bits per heavy atom. The Balaban J connectivity index is 1.84. The van der Waals surface area contributed by atoms with Crippen molar-refractivity contribution >= 4 is 17.5 Å². The second kappa shape index (κ2) is 5.87. The van der Waals surface area contributed by atoms with Crippen LogP contribution in [0.4, 0.5) is 0 Å². The minimum Gasteiger partial charge on any atom is -0.381 e. The standard InChI is InChI=1S/C12H20ClNO2/c13-10-4-2-1-3-5-11(10)14-12(15)9-6-7-16-8-9/h9-11H,1-8H2,(H,14,15). The Morgan fingerprint density at radius 2 is 2.00 bits per heavy atom. The first-order valence-corrected chi connectivity index (χ1v) is 6.73. The van der Waals surface area contributed by atoms with E-state index < -0.39 is 0 Å². The van der Waals surface area contributed by atoms with Gasteiger partial charge in [0.1, 0.15) is 0 Å². The summed E-state index contributed by atoms with van der Waals surface area (Å²) in [6, 6.07) is 0.164. The Morgan fingerprint density at radius 3 is 2.75 bits per heavy atom. The number of nitrogens with one attached hydrogen (secondary N) is 1. The van der Waals surface area contributed by atoms with Gasteiger partial charge in [-0.2, -0.15) is 0 Å². The second-order valence-corrected chi connectivity index (χ2v) is 5.39. The number of amides is 1. The summed E-state index contributed by atoms with van der Waals surface area (Å²) in [5.41, 5.74) is 0. The second-order valence-electron chi connectivity index (χ2n) is 4.83. The van der Waals surface area contributed by atoms with Crippen LogP contribution in [0.2, 0.25) is 0 Å². The van der Waals surface area contributed by atoms with E-state index in [4.69, 9.17) is 16.3 Å². The van der Waals surface area contributed by atoms with Crippen molar-refractivity contribution in [2.24, 2.45) is 5.92 Å². The van der Waals surface area contributed by atoms with Gasteiger partial charge in [-0.15, -0.1) is 11.6 Å². The monoisotopic (exact) mass is 245 g/mol. The SMILES string of the molecule is O=C(NC1CCCCCC1Cl)C1CCOC1. The number of halogens is 1. The molecule has 2 rings (SSSR count). The summed E-state index contributed by atoms with van der Waals surface area (Å²) in [5.74, 6) is 0.183. The first kappa shape index (κ1) is 12.2. The molecule has 0 aromatic carbocycles. The zero-order valence-electron chi connectivity index (χ0n) is 9.58. The van der Waals surface area contributed by atoms with Gasteiger partial charge in [0.05, 0.1) is 17.9 Å². The predicted octanol–water partition coefficient (Wildman–Crippen LogP) is 2.08. The van der Waals surface area contributed by atoms with Crippen molar-refractivity contribution in [3.63, 3.8) is 0 Å². The fourth-order valence-corrected chi connectivity index (χ4v) is 2.81. The number of alkyl halides is 1. The van der Waals surface area contributed by atoms with Crippen LogP contribution in [0.15, 0.2) is 0 Å². The fourth-order valence-electron chi connectivity index (χ4n) is 2.47. The zero-order valence-corrected chi connectivity index (χ0v) is 10.3. The number of rotatable bonds is 2. The normalized spacial score (nSPS) is 35.7. The Bertz CT molecular complexity index is 241. The van der Waals surface area contributed by atoms with E-state index in [1.807, 2.05) is 0 Å². The van der Waals surface area contributed by atoms with Crippen LogP contribution >= 0.6 is 11.6 Å². The van der Waals surface area contributed by atoms with Gasteiger partial charge in [-0.1, -0.05) is 19.3 Å². The van der Waals surface area contributed by atoms with Crippen LogP contribution in [0.25, 0.3) is 0 Å². The van der Waals surface area contributed by atoms with Crippen molar-refractivity contribution in [3.05, 3.63) is 0 Å². The van der Waals surface area contributed by atoms with E-state index in [9.17, 15) is 4.79 Å². The minimum atomic E-state index is 0.0483. The van der Waals surface area contributed by atoms with E-state index in [1.54, 1.807) is 0 Å². The van der Waals surface area contributed by atoms with Gasteiger partial charge < -0.3 is 10.1 Å². The van der Waals surface area contributed by atoms with Crippen molar-refractivity contribution in [1.82, 2.24) is 5.32 Å². The van der Waals surface area contributed by atoms with Crippen molar-refractivity contribution in [1.29, 1.82) is 0 Å². The van der Waals surface area contributed by atoms with E-state index in [0.717, 1.165) is 19.3 Å². The summed E-state index contributed by atoms with van der Waals surface area (Å²) in [7, 11) is 0. The smallest absolute Gasteiger partial charge is 0.225 e. The molecule has 1 saturated heterocycles. The number of hydrogen-bond donors (Lipinski definition) is 1. The largest absolute Gasteiger partial charge is 0.381 e. The van der Waals surface area contributed by atoms with E-state index >= 15 is 0 Å². The molecule has 1 N–H and O–H groups in total. The third kappa shape index (κ3) is 3.11. The molecule has 3 unspecified atom stereocenters. The van der Waals surface area contributed by atoms with Crippen LogP contribution in [0, 0.1) is 5.92 Å². The lowest BCUT2D eigenvalue weighted by molar-refractivity contribution is -0.125. The molecule has 2 fully saturated rings. The van der Waals surface area contributed by atoms with Gasteiger partial charge in [0.2, 0.25) is 5.91 Å². The lowest BCUT2D eigenvalue weighted by Gasteiger charge is -2.22. The van der Waals surface area contributed by atoms with Crippen LogP contribution in [0.1, 0.15) is 38.5 Å². The topological polar surface area (TPSA) is 38.3 Å². The Labute approximate surface area is 102 Å². The van der Waals surface area contributed by atoms with Crippen LogP contribution < -0.4 is 5.32 Å². The summed E-state index contributed by atoms with van der Waals surface area (Å²) < 4.78 is 5.23. The summed E-state index contributed by atoms with van der Waals surface area (Å²) in [6.45, 7) is 1.29. The number of hydrogen-bond acceptors (Lipinski definition) is 2. The van der Waals surface area contributed by atoms with E-state index in [2.05, 4.69) is 5.32 Å². The maximum absolute atomic E-state index is 11.9. The van der Waals surface area contributed by atoms with Crippen LogP contribution in [0.5, 0.6) is 0 Å². The molecule has 2 aliphatic rings. The molecular weight excluding hydrogens is 226 g/mol. The number of ether oxygens (including phenoxy) is 1. The van der Waals surface area contributed by atoms with E-state index in [0.29, 0.717) is 13.2 Å². The minimum absolute atomic E-state index is 0.0483. The van der Waals surface area contributed by atoms with Crippen LogP contribution in [-0.2, 0) is 9.53 Å². The predicted molar refractivity (Wildman–Crippen MR) is 63.6 cm³/mol. The lowest BCUT2D eigenvalue weighted by Crippen LogP contribution is -2.43. The molecule has 1 aliphatic heterocycles. The number of carbonyl (C=O) groups excluding carboxylic acids is 1. The van der Waals surface area contributed by atoms with Gasteiger partial charge in [-0.05, 0) is 19.3 Å². The first-order chi connectivity index (χ1) is 7.77. The molecule has 1 saturated carbocycles. The average Bonchev–Trinajstić information content (AvgIpc) is 2.73. The maximum Gasteiger partial charge on any atom is 0.225 e. The highest BCUT2D eigenvalue weighted by molar-refractivity contribution is 6.21. The molecular formula is C12H20ClNO2. The van der Waals surface area contributed by atoms with Crippen molar-refractivity contribution in [2.45, 2.75) is 49.9 Å². The van der Waals surface area contributed by atoms with Crippen LogP contribution in [-0.4, -0.2) is 30.5 Å². The van der Waals surface area contributed by atoms with Crippen molar-refractivity contribution < 1.29 is 9.53 Å². The third-order valence-corrected chi connectivity index (χ3v) is 4.08. The maximum atomic E-state index is 11.9. The molecule has 16 heavy (non-hydrogen) atoms. The fraction of sp³-hybridized carbons (Fsp3) is 0.917. The van der Waals surface area contributed by atoms with Crippen molar-refractivity contribution in [2.75, 3.05) is 13.2 Å². The van der Waals surface area contributed by atoms with Gasteiger partial charge in [0.15, 0.2) is 0 Å². The summed E-state index contributed by atoms with van der Waals surface area (Å²) in [6.07, 6.45) is 6.50. The molecule has 1 heterocycles. The van der Waals surface area contributed by atoms with E-state index in [-0.39, 0.29) is 23.2 Å². The highest BCUT2D eigenvalue weighted by atomic mass is 35.5. The molecule has 0 bridgehead atoms. The van der Waals surface area contributed by atoms with Gasteiger partial charge in [-0.3, -0.25) is 4.79 Å². The van der Waals surface area contributed by atoms with Crippen molar-refractivity contribution in [3.8, 4) is 0 Å². The molecule has 4 heteroatoms.